The van der Waals surface area contributed by atoms with Crippen molar-refractivity contribution < 1.29 is 14.6 Å². The van der Waals surface area contributed by atoms with Crippen LogP contribution in [0.1, 0.15) is 33.6 Å². The van der Waals surface area contributed by atoms with Crippen molar-refractivity contribution in [1.29, 1.82) is 5.26 Å². The number of ether oxygens (including phenoxy) is 1. The van der Waals surface area contributed by atoms with Crippen LogP contribution in [0.15, 0.2) is 0 Å². The predicted molar refractivity (Wildman–Crippen MR) is 52.7 cm³/mol. The molecule has 0 aromatic heterocycles. The Morgan fingerprint density at radius 1 is 1.60 bits per heavy atom. The van der Waals surface area contributed by atoms with Crippen LogP contribution in [0.2, 0.25) is 0 Å². The Balaban J connectivity index is 2.91. The van der Waals surface area contributed by atoms with Gasteiger partial charge in [0.2, 0.25) is 0 Å². The Kier molecular flexibility index (Phi) is 2.91. The van der Waals surface area contributed by atoms with Gasteiger partial charge in [0.15, 0.2) is 11.3 Å². The van der Waals surface area contributed by atoms with E-state index < -0.39 is 17.4 Å². The lowest BCUT2D eigenvalue weighted by molar-refractivity contribution is -0.136. The maximum absolute atomic E-state index is 11.5. The highest BCUT2D eigenvalue weighted by atomic mass is 16.6. The van der Waals surface area contributed by atoms with Crippen molar-refractivity contribution in [3.05, 3.63) is 0 Å². The number of hydrogen-bond donors (Lipinski definition) is 1. The van der Waals surface area contributed by atoms with E-state index in [1.165, 1.54) is 4.90 Å². The number of carbonyl (C=O) groups excluding carboxylic acids is 1. The SMILES string of the molecule is CC[C@]1(C)OC(=O)N(CCC#N)[C@@]1(C)O. The molecule has 1 aliphatic heterocycles. The van der Waals surface area contributed by atoms with Gasteiger partial charge in [-0.25, -0.2) is 4.79 Å². The number of carbonyl (C=O) groups is 1. The number of amides is 1. The number of cyclic esters (lactones) is 1. The standard InChI is InChI=1S/C10H16N2O3/c1-4-9(2)10(3,14)12(7-5-6-11)8(13)15-9/h14H,4-5,7H2,1-3H3/t9-,10-/m0/s1. The molecule has 84 valence electrons. The molecule has 0 bridgehead atoms. The smallest absolute Gasteiger partial charge is 0.412 e. The summed E-state index contributed by atoms with van der Waals surface area (Å²) in [6, 6.07) is 1.94. The molecule has 1 rings (SSSR count). The van der Waals surface area contributed by atoms with Crippen LogP contribution in [0.3, 0.4) is 0 Å². The van der Waals surface area contributed by atoms with E-state index in [0.717, 1.165) is 0 Å². The second-order valence-corrected chi connectivity index (χ2v) is 4.03. The van der Waals surface area contributed by atoms with Gasteiger partial charge in [-0.2, -0.15) is 5.26 Å². The van der Waals surface area contributed by atoms with E-state index in [4.69, 9.17) is 10.00 Å². The van der Waals surface area contributed by atoms with Gasteiger partial charge in [-0.05, 0) is 20.3 Å². The van der Waals surface area contributed by atoms with Gasteiger partial charge in [-0.3, -0.25) is 4.90 Å². The monoisotopic (exact) mass is 212 g/mol. The van der Waals surface area contributed by atoms with Crippen molar-refractivity contribution in [1.82, 2.24) is 4.90 Å². The topological polar surface area (TPSA) is 73.6 Å². The summed E-state index contributed by atoms with van der Waals surface area (Å²) in [5.41, 5.74) is -2.25. The minimum Gasteiger partial charge on any atom is -0.438 e. The lowest BCUT2D eigenvalue weighted by atomic mass is 9.91. The van der Waals surface area contributed by atoms with Gasteiger partial charge in [0.05, 0.1) is 12.5 Å². The molecule has 0 unspecified atom stereocenters. The zero-order valence-electron chi connectivity index (χ0n) is 9.28. The minimum atomic E-state index is -1.35. The first kappa shape index (κ1) is 11.8. The van der Waals surface area contributed by atoms with E-state index in [2.05, 4.69) is 0 Å². The summed E-state index contributed by atoms with van der Waals surface area (Å²) in [4.78, 5) is 12.7. The molecule has 5 heteroatoms. The molecule has 0 aromatic carbocycles. The van der Waals surface area contributed by atoms with Crippen LogP contribution >= 0.6 is 0 Å². The predicted octanol–water partition coefficient (Wildman–Crippen LogP) is 1.23. The zero-order valence-corrected chi connectivity index (χ0v) is 9.28. The number of nitriles is 1. The van der Waals surface area contributed by atoms with Gasteiger partial charge in [-0.15, -0.1) is 0 Å². The van der Waals surface area contributed by atoms with Crippen LogP contribution in [0.5, 0.6) is 0 Å². The summed E-state index contributed by atoms with van der Waals surface area (Å²) in [5, 5.41) is 18.7. The fourth-order valence-corrected chi connectivity index (χ4v) is 1.69. The average molecular weight is 212 g/mol. The van der Waals surface area contributed by atoms with Gasteiger partial charge < -0.3 is 9.84 Å². The molecule has 1 heterocycles. The highest BCUT2D eigenvalue weighted by Gasteiger charge is 2.57. The highest BCUT2D eigenvalue weighted by Crippen LogP contribution is 2.39. The Hall–Kier alpha value is -1.28. The Morgan fingerprint density at radius 2 is 2.20 bits per heavy atom. The van der Waals surface area contributed by atoms with E-state index in [-0.39, 0.29) is 13.0 Å². The van der Waals surface area contributed by atoms with Gasteiger partial charge >= 0.3 is 6.09 Å². The van der Waals surface area contributed by atoms with Crippen LogP contribution in [-0.2, 0) is 4.74 Å². The van der Waals surface area contributed by atoms with Gasteiger partial charge in [0, 0.05) is 6.54 Å². The van der Waals surface area contributed by atoms with Crippen LogP contribution in [0.25, 0.3) is 0 Å². The summed E-state index contributed by atoms with van der Waals surface area (Å²) in [7, 11) is 0. The molecule has 1 saturated heterocycles. The van der Waals surface area contributed by atoms with Crippen LogP contribution in [-0.4, -0.2) is 34.0 Å². The van der Waals surface area contributed by atoms with E-state index in [1.54, 1.807) is 13.8 Å². The molecular weight excluding hydrogens is 196 g/mol. The molecule has 0 aliphatic carbocycles. The van der Waals surface area contributed by atoms with Crippen LogP contribution in [0, 0.1) is 11.3 Å². The first-order chi connectivity index (χ1) is 6.89. The molecule has 5 nitrogen and oxygen atoms in total. The van der Waals surface area contributed by atoms with Crippen molar-refractivity contribution in [3.8, 4) is 6.07 Å². The van der Waals surface area contributed by atoms with Crippen molar-refractivity contribution in [2.75, 3.05) is 6.54 Å². The molecule has 0 radical (unpaired) electrons. The summed E-state index contributed by atoms with van der Waals surface area (Å²) >= 11 is 0. The quantitative estimate of drug-likeness (QED) is 0.763. The summed E-state index contributed by atoms with van der Waals surface area (Å²) < 4.78 is 5.15. The average Bonchev–Trinajstić information content (AvgIpc) is 2.33. The maximum Gasteiger partial charge on any atom is 0.412 e. The molecule has 1 aliphatic rings. The summed E-state index contributed by atoms with van der Waals surface area (Å²) in [6.45, 7) is 5.27. The first-order valence-electron chi connectivity index (χ1n) is 4.99. The highest BCUT2D eigenvalue weighted by molar-refractivity contribution is 5.72. The molecule has 1 fully saturated rings. The summed E-state index contributed by atoms with van der Waals surface area (Å²) in [6.07, 6.45) is 0.152. The Morgan fingerprint density at radius 3 is 2.60 bits per heavy atom. The van der Waals surface area contributed by atoms with Crippen LogP contribution in [0.4, 0.5) is 4.79 Å². The van der Waals surface area contributed by atoms with Crippen molar-refractivity contribution in [2.45, 2.75) is 44.9 Å². The number of hydrogen-bond acceptors (Lipinski definition) is 4. The first-order valence-corrected chi connectivity index (χ1v) is 4.99. The molecular formula is C10H16N2O3. The molecule has 1 amide bonds. The zero-order chi connectivity index (χ0) is 11.7. The van der Waals surface area contributed by atoms with Gasteiger partial charge in [0.1, 0.15) is 0 Å². The third kappa shape index (κ3) is 1.65. The number of nitrogens with zero attached hydrogens (tertiary/aromatic N) is 2. The fraction of sp³-hybridized carbons (Fsp3) is 0.800. The fourth-order valence-electron chi connectivity index (χ4n) is 1.69. The van der Waals surface area contributed by atoms with Crippen LogP contribution < -0.4 is 0 Å². The molecule has 2 atom stereocenters. The lowest BCUT2D eigenvalue weighted by Crippen LogP contribution is -2.54. The van der Waals surface area contributed by atoms with E-state index >= 15 is 0 Å². The van der Waals surface area contributed by atoms with E-state index in [9.17, 15) is 9.90 Å². The maximum atomic E-state index is 11.5. The molecule has 0 aromatic rings. The largest absolute Gasteiger partial charge is 0.438 e. The second-order valence-electron chi connectivity index (χ2n) is 4.03. The third-order valence-corrected chi connectivity index (χ3v) is 3.18. The Labute approximate surface area is 89.2 Å². The van der Waals surface area contributed by atoms with Crippen molar-refractivity contribution in [3.63, 3.8) is 0 Å². The Bertz CT molecular complexity index is 308. The van der Waals surface area contributed by atoms with Crippen molar-refractivity contribution >= 4 is 6.09 Å². The van der Waals surface area contributed by atoms with E-state index in [1.807, 2.05) is 13.0 Å². The molecule has 15 heavy (non-hydrogen) atoms. The van der Waals surface area contributed by atoms with Gasteiger partial charge in [0.25, 0.3) is 0 Å². The lowest BCUT2D eigenvalue weighted by Gasteiger charge is -2.36. The number of aliphatic hydroxyl groups is 1. The number of rotatable bonds is 3. The third-order valence-electron chi connectivity index (χ3n) is 3.18. The molecule has 1 N–H and O–H groups in total. The van der Waals surface area contributed by atoms with Crippen molar-refractivity contribution in [2.24, 2.45) is 0 Å². The second kappa shape index (κ2) is 3.70. The molecule has 0 saturated carbocycles. The summed E-state index contributed by atoms with van der Waals surface area (Å²) in [5.74, 6) is 0. The van der Waals surface area contributed by atoms with E-state index in [0.29, 0.717) is 6.42 Å². The molecule has 0 spiro atoms. The normalized spacial score (nSPS) is 35.1. The van der Waals surface area contributed by atoms with Gasteiger partial charge in [-0.1, -0.05) is 6.92 Å². The minimum absolute atomic E-state index is 0.186.